The number of aliphatic hydroxyl groups is 1. The molecule has 0 fully saturated rings. The molecule has 3 aromatic carbocycles. The molecule has 0 saturated carbocycles. The first-order valence-corrected chi connectivity index (χ1v) is 10.8. The summed E-state index contributed by atoms with van der Waals surface area (Å²) < 4.78 is 7.43. The number of rotatable bonds is 6. The van der Waals surface area contributed by atoms with Crippen molar-refractivity contribution in [1.82, 2.24) is 4.98 Å². The first-order valence-electron chi connectivity index (χ1n) is 10.8. The zero-order valence-corrected chi connectivity index (χ0v) is 18.0. The van der Waals surface area contributed by atoms with E-state index in [-0.39, 0.29) is 6.04 Å². The zero-order chi connectivity index (χ0) is 22.0. The Morgan fingerprint density at radius 1 is 0.906 bits per heavy atom. The van der Waals surface area contributed by atoms with Gasteiger partial charge in [-0.1, -0.05) is 77.8 Å². The highest BCUT2D eigenvalue weighted by atomic mass is 16.5. The second kappa shape index (κ2) is 8.44. The largest absolute Gasteiger partial charge is 0.497 e. The van der Waals surface area contributed by atoms with Gasteiger partial charge in [-0.3, -0.25) is 0 Å². The fourth-order valence-corrected chi connectivity index (χ4v) is 4.60. The number of benzene rings is 3. The summed E-state index contributed by atoms with van der Waals surface area (Å²) in [5, 5.41) is 12.5. The molecule has 0 radical (unpaired) electrons. The molecule has 5 rings (SSSR count). The molecule has 4 aromatic rings. The molecule has 0 saturated heterocycles. The second-order valence-electron chi connectivity index (χ2n) is 8.12. The van der Waals surface area contributed by atoms with Crippen molar-refractivity contribution in [3.8, 4) is 5.75 Å². The second-order valence-corrected chi connectivity index (χ2v) is 8.12. The van der Waals surface area contributed by atoms with Crippen molar-refractivity contribution < 1.29 is 14.4 Å². The van der Waals surface area contributed by atoms with Gasteiger partial charge in [0.1, 0.15) is 11.9 Å². The molecule has 2 heterocycles. The molecular weight excluding hydrogens is 398 g/mol. The van der Waals surface area contributed by atoms with Crippen LogP contribution in [0, 0.1) is 0 Å². The lowest BCUT2D eigenvalue weighted by atomic mass is 9.89. The fourth-order valence-electron chi connectivity index (χ4n) is 4.60. The highest BCUT2D eigenvalue weighted by Crippen LogP contribution is 2.41. The van der Waals surface area contributed by atoms with Gasteiger partial charge in [-0.05, 0) is 28.8 Å². The Morgan fingerprint density at radius 2 is 1.56 bits per heavy atom. The molecule has 1 N–H and O–H groups in total. The fraction of sp³-hybridized carbons (Fsp3) is 0.185. The third kappa shape index (κ3) is 3.61. The maximum Gasteiger partial charge on any atom is 0.397 e. The number of fused-ring (bicyclic) bond motifs is 1. The van der Waals surface area contributed by atoms with Crippen LogP contribution in [-0.4, -0.2) is 22.9 Å². The lowest BCUT2D eigenvalue weighted by Gasteiger charge is -2.33. The molecule has 5 nitrogen and oxygen atoms in total. The molecule has 0 bridgehead atoms. The molecule has 0 aliphatic carbocycles. The van der Waals surface area contributed by atoms with Gasteiger partial charge in [0, 0.05) is 12.5 Å². The third-order valence-electron chi connectivity index (χ3n) is 6.10. The maximum absolute atomic E-state index is 12.5. The molecule has 2 unspecified atom stereocenters. The van der Waals surface area contributed by atoms with Gasteiger partial charge in [-0.15, -0.1) is 0 Å². The van der Waals surface area contributed by atoms with Crippen LogP contribution in [0.1, 0.15) is 22.7 Å². The first-order chi connectivity index (χ1) is 15.7. The average Bonchev–Trinajstić information content (AvgIpc) is 3.08. The van der Waals surface area contributed by atoms with Crippen LogP contribution in [0.15, 0.2) is 103 Å². The van der Waals surface area contributed by atoms with Gasteiger partial charge < -0.3 is 9.84 Å². The number of aromatic nitrogens is 2. The minimum absolute atomic E-state index is 0.332. The van der Waals surface area contributed by atoms with E-state index in [1.807, 2.05) is 77.8 Å². The lowest BCUT2D eigenvalue weighted by molar-refractivity contribution is -0.702. The van der Waals surface area contributed by atoms with Crippen LogP contribution in [0.3, 0.4) is 0 Å². The predicted molar refractivity (Wildman–Crippen MR) is 123 cm³/mol. The normalized spacial score (nSPS) is 19.6. The van der Waals surface area contributed by atoms with Crippen LogP contribution in [-0.2, 0) is 13.0 Å². The number of hydrogen-bond donors (Lipinski definition) is 1. The third-order valence-corrected chi connectivity index (χ3v) is 6.10. The molecule has 32 heavy (non-hydrogen) atoms. The lowest BCUT2D eigenvalue weighted by Crippen LogP contribution is -2.54. The standard InChI is InChI=1S/C27H26N3O2/c1-32-24-15-13-23(14-16-24)25-27(31,19-21-9-4-2-5-10-21)30(20-22-11-6-3-7-12-22)26-28-17-8-18-29(25)26/h2-18,25,31H,19-20H2,1H3/q+1. The SMILES string of the molecule is COc1ccc(C2[n+]3cccnc3N(Cc3ccccc3)C2(O)Cc2ccccc2)cc1. The Balaban J connectivity index is 1.65. The summed E-state index contributed by atoms with van der Waals surface area (Å²) in [5.74, 6) is 1.53. The van der Waals surface area contributed by atoms with Crippen molar-refractivity contribution in [1.29, 1.82) is 0 Å². The van der Waals surface area contributed by atoms with Gasteiger partial charge in [0.05, 0.1) is 19.9 Å². The monoisotopic (exact) mass is 424 g/mol. The van der Waals surface area contributed by atoms with Gasteiger partial charge >= 0.3 is 5.95 Å². The van der Waals surface area contributed by atoms with Crippen LogP contribution < -0.4 is 14.2 Å². The molecule has 0 spiro atoms. The quantitative estimate of drug-likeness (QED) is 0.477. The van der Waals surface area contributed by atoms with E-state index in [2.05, 4.69) is 33.8 Å². The van der Waals surface area contributed by atoms with Gasteiger partial charge in [-0.25, -0.2) is 9.47 Å². The number of hydrogen-bond acceptors (Lipinski definition) is 4. The number of nitrogens with zero attached hydrogens (tertiary/aromatic N) is 3. The van der Waals surface area contributed by atoms with E-state index in [9.17, 15) is 5.11 Å². The molecular formula is C27H26N3O2+. The van der Waals surface area contributed by atoms with Crippen LogP contribution in [0.4, 0.5) is 5.95 Å². The van der Waals surface area contributed by atoms with Crippen LogP contribution >= 0.6 is 0 Å². The smallest absolute Gasteiger partial charge is 0.397 e. The van der Waals surface area contributed by atoms with Gasteiger partial charge in [0.2, 0.25) is 5.72 Å². The van der Waals surface area contributed by atoms with Crippen molar-refractivity contribution >= 4 is 5.95 Å². The Bertz CT molecular complexity index is 1180. The Kier molecular flexibility index (Phi) is 5.33. The highest BCUT2D eigenvalue weighted by Gasteiger charge is 2.58. The van der Waals surface area contributed by atoms with E-state index in [0.717, 1.165) is 28.4 Å². The van der Waals surface area contributed by atoms with Crippen molar-refractivity contribution in [2.45, 2.75) is 24.7 Å². The van der Waals surface area contributed by atoms with E-state index in [1.165, 1.54) is 0 Å². The number of methoxy groups -OCH3 is 1. The minimum atomic E-state index is -1.22. The topological polar surface area (TPSA) is 49.5 Å². The minimum Gasteiger partial charge on any atom is -0.497 e. The number of ether oxygens (including phenoxy) is 1. The van der Waals surface area contributed by atoms with E-state index in [4.69, 9.17) is 4.74 Å². The molecule has 1 aromatic heterocycles. The number of anilines is 1. The highest BCUT2D eigenvalue weighted by molar-refractivity contribution is 5.41. The summed E-state index contributed by atoms with van der Waals surface area (Å²) in [4.78, 5) is 6.72. The Hall–Kier alpha value is -3.70. The molecule has 0 amide bonds. The van der Waals surface area contributed by atoms with Crippen molar-refractivity contribution in [3.63, 3.8) is 0 Å². The average molecular weight is 425 g/mol. The molecule has 1 aliphatic rings. The summed E-state index contributed by atoms with van der Waals surface area (Å²) in [6, 6.07) is 29.9. The van der Waals surface area contributed by atoms with E-state index in [0.29, 0.717) is 13.0 Å². The van der Waals surface area contributed by atoms with Crippen LogP contribution in [0.5, 0.6) is 5.75 Å². The predicted octanol–water partition coefficient (Wildman–Crippen LogP) is 3.92. The Morgan fingerprint density at radius 3 is 2.22 bits per heavy atom. The summed E-state index contributed by atoms with van der Waals surface area (Å²) in [6.07, 6.45) is 4.24. The van der Waals surface area contributed by atoms with Gasteiger partial charge in [0.15, 0.2) is 6.04 Å². The van der Waals surface area contributed by atoms with Crippen LogP contribution in [0.2, 0.25) is 0 Å². The zero-order valence-electron chi connectivity index (χ0n) is 18.0. The van der Waals surface area contributed by atoms with Gasteiger partial charge in [0.25, 0.3) is 0 Å². The van der Waals surface area contributed by atoms with E-state index in [1.54, 1.807) is 13.3 Å². The summed E-state index contributed by atoms with van der Waals surface area (Å²) in [6.45, 7) is 0.549. The molecule has 5 heteroatoms. The van der Waals surface area contributed by atoms with Gasteiger partial charge in [-0.2, -0.15) is 0 Å². The molecule has 1 aliphatic heterocycles. The molecule has 2 atom stereocenters. The van der Waals surface area contributed by atoms with E-state index < -0.39 is 5.72 Å². The molecule has 160 valence electrons. The Labute approximate surface area is 188 Å². The van der Waals surface area contributed by atoms with Crippen LogP contribution in [0.25, 0.3) is 0 Å². The van der Waals surface area contributed by atoms with E-state index >= 15 is 0 Å². The maximum atomic E-state index is 12.5. The summed E-state index contributed by atoms with van der Waals surface area (Å²) in [5.41, 5.74) is 1.97. The van der Waals surface area contributed by atoms with Crippen molar-refractivity contribution in [2.75, 3.05) is 12.0 Å². The summed E-state index contributed by atoms with van der Waals surface area (Å²) in [7, 11) is 1.66. The van der Waals surface area contributed by atoms with Crippen molar-refractivity contribution in [2.24, 2.45) is 0 Å². The van der Waals surface area contributed by atoms with Crippen molar-refractivity contribution in [3.05, 3.63) is 120 Å². The summed E-state index contributed by atoms with van der Waals surface area (Å²) >= 11 is 0. The first kappa shape index (κ1) is 20.2.